The zero-order chi connectivity index (χ0) is 15.2. The van der Waals surface area contributed by atoms with Crippen molar-refractivity contribution >= 4 is 21.9 Å². The molecule has 0 aliphatic rings. The Balaban J connectivity index is 4.59. The first-order valence-electron chi connectivity index (χ1n) is 5.68. The first-order valence-corrected chi connectivity index (χ1v) is 7.58. The summed E-state index contributed by atoms with van der Waals surface area (Å²) in [5.74, 6) is -2.06. The lowest BCUT2D eigenvalue weighted by Gasteiger charge is -2.19. The number of carbonyl (C=O) groups is 2. The third-order valence-electron chi connectivity index (χ3n) is 2.13. The van der Waals surface area contributed by atoms with Crippen LogP contribution in [0.4, 0.5) is 0 Å². The summed E-state index contributed by atoms with van der Waals surface area (Å²) in [6, 6.07) is -0.990. The summed E-state index contributed by atoms with van der Waals surface area (Å²) >= 11 is 0. The van der Waals surface area contributed by atoms with Gasteiger partial charge in [0.25, 0.3) is 0 Å². The number of aliphatic carboxylic acids is 1. The molecular weight excluding hydrogens is 276 g/mol. The Labute approximate surface area is 112 Å². The van der Waals surface area contributed by atoms with Crippen LogP contribution in [0.5, 0.6) is 0 Å². The van der Waals surface area contributed by atoms with E-state index in [1.54, 1.807) is 0 Å². The fourth-order valence-electron chi connectivity index (χ4n) is 1.35. The van der Waals surface area contributed by atoms with E-state index in [0.29, 0.717) is 0 Å². The van der Waals surface area contributed by atoms with Crippen LogP contribution in [0, 0.1) is 5.92 Å². The molecule has 0 rings (SSSR count). The maximum atomic E-state index is 11.7. The van der Waals surface area contributed by atoms with E-state index in [2.05, 4.69) is 10.0 Å². The molecule has 0 heterocycles. The van der Waals surface area contributed by atoms with Gasteiger partial charge in [-0.05, 0) is 12.3 Å². The Morgan fingerprint density at radius 3 is 2.16 bits per heavy atom. The lowest BCUT2D eigenvalue weighted by Crippen LogP contribution is -2.49. The lowest BCUT2D eigenvalue weighted by atomic mass is 10.0. The lowest BCUT2D eigenvalue weighted by molar-refractivity contribution is -0.146. The smallest absolute Gasteiger partial charge is 0.334 e. The predicted molar refractivity (Wildman–Crippen MR) is 67.9 cm³/mol. The van der Waals surface area contributed by atoms with Crippen LogP contribution in [0.15, 0.2) is 0 Å². The molecule has 0 aliphatic heterocycles. The monoisotopic (exact) mass is 296 g/mol. The largest absolute Gasteiger partial charge is 0.479 e. The van der Waals surface area contributed by atoms with Crippen LogP contribution in [-0.4, -0.2) is 55.5 Å². The summed E-state index contributed by atoms with van der Waals surface area (Å²) in [5, 5.41) is 19.7. The van der Waals surface area contributed by atoms with Crippen molar-refractivity contribution in [3.8, 4) is 0 Å². The molecule has 4 N–H and O–H groups in total. The van der Waals surface area contributed by atoms with Gasteiger partial charge >= 0.3 is 5.97 Å². The molecule has 0 aliphatic carbocycles. The van der Waals surface area contributed by atoms with Crippen molar-refractivity contribution in [2.45, 2.75) is 32.4 Å². The number of carboxylic acids is 1. The van der Waals surface area contributed by atoms with Crippen LogP contribution < -0.4 is 10.0 Å². The number of nitrogens with one attached hydrogen (secondary N) is 2. The highest BCUT2D eigenvalue weighted by molar-refractivity contribution is 7.88. The molecule has 0 radical (unpaired) electrons. The topological polar surface area (TPSA) is 133 Å². The predicted octanol–water partition coefficient (Wildman–Crippen LogP) is -1.49. The number of aliphatic hydroxyl groups excluding tert-OH is 1. The van der Waals surface area contributed by atoms with Crippen LogP contribution in [-0.2, 0) is 19.6 Å². The summed E-state index contributed by atoms with van der Waals surface area (Å²) in [5.41, 5.74) is 0. The van der Waals surface area contributed by atoms with Crippen LogP contribution in [0.25, 0.3) is 0 Å². The highest BCUT2D eigenvalue weighted by Gasteiger charge is 2.24. The summed E-state index contributed by atoms with van der Waals surface area (Å²) in [6.07, 6.45) is -0.524. The third-order valence-corrected chi connectivity index (χ3v) is 2.85. The minimum absolute atomic E-state index is 0.0643. The standard InChI is InChI=1S/C10H20N2O6S/c1-6(2)4-7(12-19(3,17)18)9(14)11-5-8(13)10(15)16/h6-8,12-13H,4-5H2,1-3H3,(H,11,14)(H,15,16). The Bertz CT molecular complexity index is 420. The average molecular weight is 296 g/mol. The second-order valence-corrected chi connectivity index (χ2v) is 6.45. The summed E-state index contributed by atoms with van der Waals surface area (Å²) in [6.45, 7) is 3.15. The Morgan fingerprint density at radius 1 is 1.26 bits per heavy atom. The van der Waals surface area contributed by atoms with Crippen LogP contribution in [0.2, 0.25) is 0 Å². The molecule has 0 spiro atoms. The Morgan fingerprint density at radius 2 is 1.79 bits per heavy atom. The van der Waals surface area contributed by atoms with Crippen molar-refractivity contribution in [3.05, 3.63) is 0 Å². The number of rotatable bonds is 8. The van der Waals surface area contributed by atoms with Crippen LogP contribution in [0.1, 0.15) is 20.3 Å². The molecule has 112 valence electrons. The number of carboxylic acid groups (broad SMARTS) is 1. The molecule has 1 amide bonds. The minimum Gasteiger partial charge on any atom is -0.479 e. The molecule has 0 aromatic heterocycles. The van der Waals surface area contributed by atoms with Crippen molar-refractivity contribution in [1.82, 2.24) is 10.0 Å². The van der Waals surface area contributed by atoms with Gasteiger partial charge in [-0.25, -0.2) is 17.9 Å². The molecule has 19 heavy (non-hydrogen) atoms. The van der Waals surface area contributed by atoms with Gasteiger partial charge in [-0.3, -0.25) is 4.79 Å². The number of hydrogen-bond donors (Lipinski definition) is 4. The SMILES string of the molecule is CC(C)CC(NS(C)(=O)=O)C(=O)NCC(O)C(=O)O. The molecule has 0 saturated carbocycles. The Hall–Kier alpha value is -1.19. The van der Waals surface area contributed by atoms with Gasteiger partial charge in [-0.1, -0.05) is 13.8 Å². The van der Waals surface area contributed by atoms with Crippen LogP contribution >= 0.6 is 0 Å². The van der Waals surface area contributed by atoms with E-state index < -0.39 is 40.6 Å². The molecule has 0 aromatic rings. The number of sulfonamides is 1. The molecule has 8 nitrogen and oxygen atoms in total. The minimum atomic E-state index is -3.56. The van der Waals surface area contributed by atoms with Gasteiger partial charge in [-0.15, -0.1) is 0 Å². The maximum Gasteiger partial charge on any atom is 0.334 e. The maximum absolute atomic E-state index is 11.7. The van der Waals surface area contributed by atoms with E-state index in [-0.39, 0.29) is 12.3 Å². The summed E-state index contributed by atoms with van der Waals surface area (Å²) < 4.78 is 24.5. The highest BCUT2D eigenvalue weighted by atomic mass is 32.2. The van der Waals surface area contributed by atoms with E-state index in [1.165, 1.54) is 0 Å². The normalized spacial score (nSPS) is 15.0. The number of carbonyl (C=O) groups excluding carboxylic acids is 1. The van der Waals surface area contributed by atoms with Gasteiger partial charge in [0, 0.05) is 0 Å². The fourth-order valence-corrected chi connectivity index (χ4v) is 2.07. The molecule has 9 heteroatoms. The first-order chi connectivity index (χ1) is 8.53. The van der Waals surface area contributed by atoms with Crippen molar-refractivity contribution in [3.63, 3.8) is 0 Å². The molecular formula is C10H20N2O6S. The Kier molecular flexibility index (Phi) is 6.95. The fraction of sp³-hybridized carbons (Fsp3) is 0.800. The summed E-state index contributed by atoms with van der Waals surface area (Å²) in [7, 11) is -3.56. The van der Waals surface area contributed by atoms with Gasteiger partial charge in [0.05, 0.1) is 12.8 Å². The molecule has 0 aromatic carbocycles. The zero-order valence-corrected chi connectivity index (χ0v) is 11.9. The van der Waals surface area contributed by atoms with Gasteiger partial charge in [-0.2, -0.15) is 0 Å². The van der Waals surface area contributed by atoms with Gasteiger partial charge in [0.15, 0.2) is 6.10 Å². The van der Waals surface area contributed by atoms with Gasteiger partial charge in [0.1, 0.15) is 6.04 Å². The van der Waals surface area contributed by atoms with E-state index >= 15 is 0 Å². The van der Waals surface area contributed by atoms with Gasteiger partial charge < -0.3 is 15.5 Å². The van der Waals surface area contributed by atoms with Gasteiger partial charge in [0.2, 0.25) is 15.9 Å². The molecule has 0 fully saturated rings. The average Bonchev–Trinajstić information content (AvgIpc) is 2.21. The van der Waals surface area contributed by atoms with E-state index in [4.69, 9.17) is 10.2 Å². The number of hydrogen-bond acceptors (Lipinski definition) is 5. The number of amides is 1. The van der Waals surface area contributed by atoms with Crippen molar-refractivity contribution in [2.24, 2.45) is 5.92 Å². The number of aliphatic hydroxyl groups is 1. The van der Waals surface area contributed by atoms with Crippen molar-refractivity contribution in [2.75, 3.05) is 12.8 Å². The van der Waals surface area contributed by atoms with Crippen molar-refractivity contribution < 1.29 is 28.2 Å². The molecule has 2 atom stereocenters. The van der Waals surface area contributed by atoms with E-state index in [1.807, 2.05) is 13.8 Å². The van der Waals surface area contributed by atoms with Crippen LogP contribution in [0.3, 0.4) is 0 Å². The summed E-state index contributed by atoms with van der Waals surface area (Å²) in [4.78, 5) is 22.1. The van der Waals surface area contributed by atoms with E-state index in [9.17, 15) is 18.0 Å². The highest BCUT2D eigenvalue weighted by Crippen LogP contribution is 2.06. The quantitative estimate of drug-likeness (QED) is 0.431. The third kappa shape index (κ3) is 8.51. The van der Waals surface area contributed by atoms with E-state index in [0.717, 1.165) is 6.26 Å². The van der Waals surface area contributed by atoms with Crippen molar-refractivity contribution in [1.29, 1.82) is 0 Å². The molecule has 0 bridgehead atoms. The zero-order valence-electron chi connectivity index (χ0n) is 11.1. The second kappa shape index (κ2) is 7.41. The molecule has 0 saturated heterocycles. The first kappa shape index (κ1) is 17.8. The molecule has 2 unspecified atom stereocenters. The second-order valence-electron chi connectivity index (χ2n) is 4.67.